The van der Waals surface area contributed by atoms with Gasteiger partial charge in [0.05, 0.1) is 17.3 Å². The monoisotopic (exact) mass is 433 g/mol. The molecule has 28 heavy (non-hydrogen) atoms. The van der Waals surface area contributed by atoms with Crippen molar-refractivity contribution in [2.24, 2.45) is 0 Å². The first-order valence-electron chi connectivity index (χ1n) is 8.19. The molecule has 1 aliphatic heterocycles. The van der Waals surface area contributed by atoms with E-state index in [1.165, 1.54) is 4.90 Å². The normalized spacial score (nSPS) is 13.7. The lowest BCUT2D eigenvalue weighted by Crippen LogP contribution is -2.23. The number of hydrogen-bond acceptors (Lipinski definition) is 5. The van der Waals surface area contributed by atoms with Gasteiger partial charge in [0.2, 0.25) is 15.0 Å². The van der Waals surface area contributed by atoms with E-state index in [0.29, 0.717) is 32.6 Å². The fraction of sp³-hybridized carbons (Fsp3) is 0.105. The molecular formula is C19H13Cl2N3O3S. The summed E-state index contributed by atoms with van der Waals surface area (Å²) >= 11 is 12.3. The Kier molecular flexibility index (Phi) is 4.61. The molecule has 0 spiro atoms. The number of anilines is 1. The molecular weight excluding hydrogens is 421 g/mol. The Labute approximate surface area is 171 Å². The minimum Gasteiger partial charge on any atom is -0.302 e. The van der Waals surface area contributed by atoms with E-state index in [2.05, 4.69) is 9.97 Å². The third-order valence-corrected chi connectivity index (χ3v) is 5.73. The number of hydrogen-bond donors (Lipinski definition) is 0. The zero-order chi connectivity index (χ0) is 20.1. The minimum absolute atomic E-state index is 0.0558. The summed E-state index contributed by atoms with van der Waals surface area (Å²) in [7, 11) is -3.74. The topological polar surface area (TPSA) is 80.2 Å². The number of rotatable bonds is 3. The third-order valence-electron chi connectivity index (χ3n) is 4.34. The predicted molar refractivity (Wildman–Crippen MR) is 108 cm³/mol. The van der Waals surface area contributed by atoms with Crippen LogP contribution in [0.25, 0.3) is 11.3 Å². The number of nitrogens with zero attached hydrogens (tertiary/aromatic N) is 3. The van der Waals surface area contributed by atoms with Crippen molar-refractivity contribution in [1.29, 1.82) is 0 Å². The Morgan fingerprint density at radius 3 is 2.32 bits per heavy atom. The fourth-order valence-corrected chi connectivity index (χ4v) is 4.05. The molecule has 9 heteroatoms. The number of fused-ring (bicyclic) bond motifs is 1. The molecule has 2 heterocycles. The first-order chi connectivity index (χ1) is 13.3. The van der Waals surface area contributed by atoms with Crippen molar-refractivity contribution in [3.8, 4) is 11.3 Å². The highest BCUT2D eigenvalue weighted by molar-refractivity contribution is 7.90. The zero-order valence-corrected chi connectivity index (χ0v) is 16.9. The van der Waals surface area contributed by atoms with Crippen LogP contribution in [-0.4, -0.2) is 30.5 Å². The van der Waals surface area contributed by atoms with Gasteiger partial charge in [0.15, 0.2) is 0 Å². The van der Waals surface area contributed by atoms with E-state index in [4.69, 9.17) is 23.2 Å². The lowest BCUT2D eigenvalue weighted by molar-refractivity contribution is 0.0992. The smallest absolute Gasteiger partial charge is 0.277 e. The number of carbonyl (C=O) groups is 1. The number of benzene rings is 2. The summed E-state index contributed by atoms with van der Waals surface area (Å²) < 4.78 is 24.2. The fourth-order valence-electron chi connectivity index (χ4n) is 3.03. The summed E-state index contributed by atoms with van der Waals surface area (Å²) in [6.45, 7) is 0.205. The molecule has 142 valence electrons. The van der Waals surface area contributed by atoms with Gasteiger partial charge in [-0.2, -0.15) is 0 Å². The van der Waals surface area contributed by atoms with Crippen LogP contribution in [0.3, 0.4) is 0 Å². The molecule has 3 aromatic rings. The van der Waals surface area contributed by atoms with Gasteiger partial charge in [0.1, 0.15) is 5.69 Å². The molecule has 0 bridgehead atoms. The quantitative estimate of drug-likeness (QED) is 0.582. The Bertz CT molecular complexity index is 1210. The summed E-state index contributed by atoms with van der Waals surface area (Å²) in [5, 5.41) is 0.318. The predicted octanol–water partition coefficient (Wildman–Crippen LogP) is 4.01. The number of para-hydroxylation sites is 1. The summed E-state index contributed by atoms with van der Waals surface area (Å²) in [6.07, 6.45) is 0.996. The van der Waals surface area contributed by atoms with Crippen LogP contribution in [0, 0.1) is 0 Å². The third kappa shape index (κ3) is 3.26. The number of halogens is 2. The van der Waals surface area contributed by atoms with Crippen LogP contribution in [-0.2, 0) is 16.4 Å². The number of amides is 1. The van der Waals surface area contributed by atoms with Crippen molar-refractivity contribution in [2.75, 3.05) is 11.2 Å². The maximum Gasteiger partial charge on any atom is 0.277 e. The Morgan fingerprint density at radius 1 is 1.00 bits per heavy atom. The molecule has 1 aromatic heterocycles. The zero-order valence-electron chi connectivity index (χ0n) is 14.6. The van der Waals surface area contributed by atoms with Gasteiger partial charge >= 0.3 is 0 Å². The van der Waals surface area contributed by atoms with Gasteiger partial charge in [-0.1, -0.05) is 41.4 Å². The summed E-state index contributed by atoms with van der Waals surface area (Å²) in [6, 6.07) is 13.9. The highest BCUT2D eigenvalue weighted by Crippen LogP contribution is 2.37. The maximum absolute atomic E-state index is 13.0. The molecule has 6 nitrogen and oxygen atoms in total. The molecule has 0 radical (unpaired) electrons. The van der Waals surface area contributed by atoms with Crippen molar-refractivity contribution in [1.82, 2.24) is 9.97 Å². The van der Waals surface area contributed by atoms with Crippen LogP contribution in [0.15, 0.2) is 53.7 Å². The second kappa shape index (κ2) is 6.84. The van der Waals surface area contributed by atoms with E-state index in [1.54, 1.807) is 30.3 Å². The average Bonchev–Trinajstić information content (AvgIpc) is 2.98. The molecule has 1 aliphatic rings. The lowest BCUT2D eigenvalue weighted by Gasteiger charge is -2.15. The van der Waals surface area contributed by atoms with E-state index in [-0.39, 0.29) is 18.1 Å². The van der Waals surface area contributed by atoms with E-state index in [0.717, 1.165) is 6.26 Å². The summed E-state index contributed by atoms with van der Waals surface area (Å²) in [4.78, 5) is 22.8. The van der Waals surface area contributed by atoms with E-state index in [9.17, 15) is 13.2 Å². The van der Waals surface area contributed by atoms with Crippen LogP contribution in [0.2, 0.25) is 10.0 Å². The number of carbonyl (C=O) groups excluding carboxylic acids is 1. The lowest BCUT2D eigenvalue weighted by atomic mass is 10.1. The van der Waals surface area contributed by atoms with Crippen molar-refractivity contribution in [3.05, 3.63) is 69.8 Å². The van der Waals surface area contributed by atoms with E-state index in [1.807, 2.05) is 18.2 Å². The van der Waals surface area contributed by atoms with Crippen molar-refractivity contribution in [3.63, 3.8) is 0 Å². The standard InChI is InChI=1S/C19H13Cl2N3O3S/c1-28(26,27)19-22-16(13-8-7-11(20)9-15(13)21)14-10-24(18(25)17(14)23-19)12-5-3-2-4-6-12/h2-9H,10H2,1H3. The highest BCUT2D eigenvalue weighted by atomic mass is 35.5. The molecule has 2 aromatic carbocycles. The van der Waals surface area contributed by atoms with Gasteiger partial charge in [-0.15, -0.1) is 0 Å². The summed E-state index contributed by atoms with van der Waals surface area (Å²) in [5.74, 6) is -0.389. The molecule has 0 N–H and O–H groups in total. The molecule has 0 fully saturated rings. The SMILES string of the molecule is CS(=O)(=O)c1nc2c(c(-c3ccc(Cl)cc3Cl)n1)CN(c1ccccc1)C2=O. The molecule has 0 saturated heterocycles. The molecule has 1 amide bonds. The minimum atomic E-state index is -3.74. The van der Waals surface area contributed by atoms with Crippen molar-refractivity contribution in [2.45, 2.75) is 11.7 Å². The number of aromatic nitrogens is 2. The molecule has 0 saturated carbocycles. The second-order valence-corrected chi connectivity index (χ2v) is 9.06. The van der Waals surface area contributed by atoms with Crippen LogP contribution < -0.4 is 4.90 Å². The van der Waals surface area contributed by atoms with Gasteiger partial charge in [0.25, 0.3) is 5.91 Å². The summed E-state index contributed by atoms with van der Waals surface area (Å²) in [5.41, 5.74) is 2.04. The second-order valence-electron chi connectivity index (χ2n) is 6.31. The first kappa shape index (κ1) is 18.9. The van der Waals surface area contributed by atoms with E-state index < -0.39 is 15.0 Å². The highest BCUT2D eigenvalue weighted by Gasteiger charge is 2.35. The number of sulfone groups is 1. The van der Waals surface area contributed by atoms with Crippen molar-refractivity contribution < 1.29 is 13.2 Å². The molecule has 4 rings (SSSR count). The molecule has 0 atom stereocenters. The van der Waals surface area contributed by atoms with Crippen LogP contribution in [0.5, 0.6) is 0 Å². The first-order valence-corrected chi connectivity index (χ1v) is 10.8. The molecule has 0 unspecified atom stereocenters. The van der Waals surface area contributed by atoms with Crippen LogP contribution >= 0.6 is 23.2 Å². The van der Waals surface area contributed by atoms with Gasteiger partial charge in [-0.3, -0.25) is 4.79 Å². The Morgan fingerprint density at radius 2 is 1.68 bits per heavy atom. The largest absolute Gasteiger partial charge is 0.302 e. The van der Waals surface area contributed by atoms with Crippen molar-refractivity contribution >= 4 is 44.6 Å². The van der Waals surface area contributed by atoms with Crippen LogP contribution in [0.1, 0.15) is 16.1 Å². The van der Waals surface area contributed by atoms with Gasteiger partial charge < -0.3 is 4.90 Å². The van der Waals surface area contributed by atoms with Gasteiger partial charge in [-0.25, -0.2) is 18.4 Å². The Balaban J connectivity index is 1.95. The van der Waals surface area contributed by atoms with E-state index >= 15 is 0 Å². The maximum atomic E-state index is 13.0. The average molecular weight is 434 g/mol. The Hall–Kier alpha value is -2.48. The molecule has 0 aliphatic carbocycles. The van der Waals surface area contributed by atoms with Crippen LogP contribution in [0.4, 0.5) is 5.69 Å². The van der Waals surface area contributed by atoms with Gasteiger partial charge in [0, 0.05) is 28.1 Å². The van der Waals surface area contributed by atoms with Gasteiger partial charge in [-0.05, 0) is 30.3 Å².